The molecule has 0 atom stereocenters. The van der Waals surface area contributed by atoms with Gasteiger partial charge in [-0.25, -0.2) is 14.3 Å². The van der Waals surface area contributed by atoms with Gasteiger partial charge in [0.05, 0.1) is 19.3 Å². The van der Waals surface area contributed by atoms with Crippen molar-refractivity contribution in [1.82, 2.24) is 9.78 Å². The molecule has 148 valence electrons. The molecule has 0 spiro atoms. The minimum Gasteiger partial charge on any atom is -0.477 e. The molecule has 0 radical (unpaired) electrons. The van der Waals surface area contributed by atoms with E-state index in [9.17, 15) is 14.7 Å². The number of carboxylic acids is 1. The number of nitrogens with one attached hydrogen (secondary N) is 1. The molecule has 1 heterocycles. The van der Waals surface area contributed by atoms with Gasteiger partial charge in [0.15, 0.2) is 0 Å². The quantitative estimate of drug-likeness (QED) is 0.593. The zero-order chi connectivity index (χ0) is 20.4. The third-order valence-corrected chi connectivity index (χ3v) is 4.95. The second-order valence-corrected chi connectivity index (χ2v) is 6.61. The number of anilines is 1. The van der Waals surface area contributed by atoms with Crippen LogP contribution in [0.2, 0.25) is 0 Å². The van der Waals surface area contributed by atoms with Gasteiger partial charge in [0, 0.05) is 5.92 Å². The van der Waals surface area contributed by atoms with E-state index in [-0.39, 0.29) is 37.1 Å². The lowest BCUT2D eigenvalue weighted by molar-refractivity contribution is 0.0698. The zero-order valence-electron chi connectivity index (χ0n) is 15.4. The maximum atomic E-state index is 12.4. The Labute approximate surface area is 166 Å². The van der Waals surface area contributed by atoms with E-state index in [1.54, 1.807) is 0 Å². The summed E-state index contributed by atoms with van der Waals surface area (Å²) < 4.78 is 6.65. The van der Waals surface area contributed by atoms with Crippen molar-refractivity contribution in [3.63, 3.8) is 0 Å². The summed E-state index contributed by atoms with van der Waals surface area (Å²) in [5.74, 6) is -1.36. The number of carbonyl (C=O) groups is 2. The minimum absolute atomic E-state index is 0.0243. The van der Waals surface area contributed by atoms with Crippen LogP contribution in [0.3, 0.4) is 0 Å². The molecule has 3 aromatic rings. The van der Waals surface area contributed by atoms with E-state index in [1.165, 1.54) is 4.68 Å². The molecule has 1 aromatic heterocycles. The van der Waals surface area contributed by atoms with Crippen LogP contribution in [-0.4, -0.2) is 45.3 Å². The summed E-state index contributed by atoms with van der Waals surface area (Å²) in [6, 6.07) is 16.0. The Morgan fingerprint density at radius 1 is 1.07 bits per heavy atom. The van der Waals surface area contributed by atoms with Crippen molar-refractivity contribution in [3.8, 4) is 11.1 Å². The highest BCUT2D eigenvalue weighted by atomic mass is 16.5. The van der Waals surface area contributed by atoms with E-state index >= 15 is 0 Å². The fourth-order valence-electron chi connectivity index (χ4n) is 3.67. The van der Waals surface area contributed by atoms with Crippen molar-refractivity contribution in [2.24, 2.45) is 0 Å². The Morgan fingerprint density at radius 2 is 1.69 bits per heavy atom. The molecule has 2 aromatic carbocycles. The van der Waals surface area contributed by atoms with Gasteiger partial charge in [-0.15, -0.1) is 0 Å². The number of ether oxygens (including phenoxy) is 1. The molecule has 8 heteroatoms. The third-order valence-electron chi connectivity index (χ3n) is 4.95. The van der Waals surface area contributed by atoms with Crippen molar-refractivity contribution >= 4 is 17.9 Å². The van der Waals surface area contributed by atoms with Crippen LogP contribution in [-0.2, 0) is 11.3 Å². The lowest BCUT2D eigenvalue weighted by Crippen LogP contribution is -2.21. The molecular formula is C21H19N3O5. The number of aliphatic hydroxyl groups is 1. The third kappa shape index (κ3) is 3.45. The highest BCUT2D eigenvalue weighted by molar-refractivity contribution is 5.97. The van der Waals surface area contributed by atoms with Crippen molar-refractivity contribution in [1.29, 1.82) is 0 Å². The van der Waals surface area contributed by atoms with Crippen LogP contribution in [0.4, 0.5) is 10.6 Å². The summed E-state index contributed by atoms with van der Waals surface area (Å²) in [5, 5.41) is 24.7. The number of benzene rings is 2. The van der Waals surface area contributed by atoms with Gasteiger partial charge in [0.1, 0.15) is 18.0 Å². The maximum absolute atomic E-state index is 12.4. The fourth-order valence-corrected chi connectivity index (χ4v) is 3.67. The minimum atomic E-state index is -1.23. The number of aliphatic hydroxyl groups excluding tert-OH is 1. The number of carbonyl (C=O) groups excluding carboxylic acids is 1. The van der Waals surface area contributed by atoms with Crippen molar-refractivity contribution in [3.05, 3.63) is 71.4 Å². The molecule has 0 bridgehead atoms. The molecule has 3 N–H and O–H groups in total. The normalized spacial score (nSPS) is 12.3. The van der Waals surface area contributed by atoms with Gasteiger partial charge in [-0.2, -0.15) is 5.10 Å². The fraction of sp³-hybridized carbons (Fsp3) is 0.190. The van der Waals surface area contributed by atoms with E-state index in [4.69, 9.17) is 9.84 Å². The van der Waals surface area contributed by atoms with Crippen molar-refractivity contribution in [2.75, 3.05) is 18.5 Å². The first-order valence-corrected chi connectivity index (χ1v) is 9.12. The van der Waals surface area contributed by atoms with Crippen LogP contribution >= 0.6 is 0 Å². The molecule has 1 aliphatic rings. The van der Waals surface area contributed by atoms with E-state index in [1.807, 2.05) is 48.5 Å². The van der Waals surface area contributed by atoms with Gasteiger partial charge < -0.3 is 14.9 Å². The summed E-state index contributed by atoms with van der Waals surface area (Å²) in [5.41, 5.74) is 4.22. The van der Waals surface area contributed by atoms with Crippen LogP contribution in [0.25, 0.3) is 11.1 Å². The topological polar surface area (TPSA) is 114 Å². The number of fused-ring (bicyclic) bond motifs is 3. The van der Waals surface area contributed by atoms with E-state index in [0.717, 1.165) is 28.5 Å². The predicted molar refractivity (Wildman–Crippen MR) is 105 cm³/mol. The number of aromatic carboxylic acids is 1. The number of aromatic nitrogens is 2. The summed E-state index contributed by atoms with van der Waals surface area (Å²) in [7, 11) is 0. The number of amides is 1. The van der Waals surface area contributed by atoms with Crippen molar-refractivity contribution in [2.45, 2.75) is 12.5 Å². The Hall–Kier alpha value is -3.65. The average Bonchev–Trinajstić information content (AvgIpc) is 3.26. The van der Waals surface area contributed by atoms with Gasteiger partial charge >= 0.3 is 12.1 Å². The molecule has 1 amide bonds. The Balaban J connectivity index is 1.51. The molecule has 0 aliphatic heterocycles. The van der Waals surface area contributed by atoms with E-state index in [2.05, 4.69) is 10.4 Å². The number of carboxylic acid groups (broad SMARTS) is 1. The molecule has 0 fully saturated rings. The highest BCUT2D eigenvalue weighted by Gasteiger charge is 2.29. The zero-order valence-corrected chi connectivity index (χ0v) is 15.4. The van der Waals surface area contributed by atoms with E-state index in [0.29, 0.717) is 0 Å². The standard InChI is InChI=1S/C21H19N3O5/c25-10-9-24-19(17(11-22-24)20(26)27)23-21(28)29-12-18-15-7-3-1-5-13(15)14-6-2-4-8-16(14)18/h1-8,11,18,25H,9-10,12H2,(H,23,28)(H,26,27). The Bertz CT molecular complexity index is 1030. The summed E-state index contributed by atoms with van der Waals surface area (Å²) in [4.78, 5) is 23.7. The molecule has 0 saturated carbocycles. The number of nitrogens with zero attached hydrogens (tertiary/aromatic N) is 2. The van der Waals surface area contributed by atoms with Gasteiger partial charge in [-0.05, 0) is 22.3 Å². The summed E-state index contributed by atoms with van der Waals surface area (Å²) in [6.45, 7) is -0.0945. The van der Waals surface area contributed by atoms with Gasteiger partial charge in [-0.3, -0.25) is 5.32 Å². The summed E-state index contributed by atoms with van der Waals surface area (Å²) >= 11 is 0. The average molecular weight is 393 g/mol. The predicted octanol–water partition coefficient (Wildman–Crippen LogP) is 2.93. The largest absolute Gasteiger partial charge is 0.477 e. The Morgan fingerprint density at radius 3 is 2.28 bits per heavy atom. The molecule has 29 heavy (non-hydrogen) atoms. The highest BCUT2D eigenvalue weighted by Crippen LogP contribution is 2.44. The second kappa shape index (κ2) is 7.76. The van der Waals surface area contributed by atoms with E-state index < -0.39 is 12.1 Å². The Kier molecular flexibility index (Phi) is 5.01. The molecule has 1 aliphatic carbocycles. The monoisotopic (exact) mass is 393 g/mol. The van der Waals surface area contributed by atoms with Crippen LogP contribution in [0.1, 0.15) is 27.4 Å². The number of rotatable bonds is 6. The first kappa shape index (κ1) is 18.7. The number of hydrogen-bond acceptors (Lipinski definition) is 5. The first-order chi connectivity index (χ1) is 14.1. The maximum Gasteiger partial charge on any atom is 0.412 e. The van der Waals surface area contributed by atoms with Crippen molar-refractivity contribution < 1.29 is 24.5 Å². The lowest BCUT2D eigenvalue weighted by Gasteiger charge is -2.15. The summed E-state index contributed by atoms with van der Waals surface area (Å²) in [6.07, 6.45) is 0.339. The van der Waals surface area contributed by atoms with Crippen LogP contribution in [0.15, 0.2) is 54.7 Å². The van der Waals surface area contributed by atoms with Crippen LogP contribution in [0, 0.1) is 0 Å². The molecule has 8 nitrogen and oxygen atoms in total. The van der Waals surface area contributed by atoms with Crippen LogP contribution < -0.4 is 5.32 Å². The molecule has 4 rings (SSSR count). The van der Waals surface area contributed by atoms with Gasteiger partial charge in [0.25, 0.3) is 0 Å². The number of hydrogen-bond donors (Lipinski definition) is 3. The smallest absolute Gasteiger partial charge is 0.412 e. The molecule has 0 saturated heterocycles. The first-order valence-electron chi connectivity index (χ1n) is 9.12. The van der Waals surface area contributed by atoms with Gasteiger partial charge in [0.2, 0.25) is 0 Å². The van der Waals surface area contributed by atoms with Gasteiger partial charge in [-0.1, -0.05) is 48.5 Å². The van der Waals surface area contributed by atoms with Crippen LogP contribution in [0.5, 0.6) is 0 Å². The molecule has 0 unspecified atom stereocenters. The lowest BCUT2D eigenvalue weighted by atomic mass is 9.98. The molecular weight excluding hydrogens is 374 g/mol. The second-order valence-electron chi connectivity index (χ2n) is 6.61. The SMILES string of the molecule is O=C(Nc1c(C(=O)O)cnn1CCO)OCC1c2ccccc2-c2ccccc21.